The standard InChI is InChI=1S/C21H17F2N5/c1-21(22,23)19-7-6-15(13-27-19)12-18-16(4-2-8-25-18)17-5-3-9-26-20(17)28-11-10-24-14-28/h2-11,13-14H,12H2,1H3. The molecule has 28 heavy (non-hydrogen) atoms. The number of hydrogen-bond donors (Lipinski definition) is 0. The molecule has 0 bridgehead atoms. The van der Waals surface area contributed by atoms with Gasteiger partial charge in [-0.3, -0.25) is 14.5 Å². The summed E-state index contributed by atoms with van der Waals surface area (Å²) in [5.41, 5.74) is 3.21. The van der Waals surface area contributed by atoms with Gasteiger partial charge in [0.2, 0.25) is 0 Å². The summed E-state index contributed by atoms with van der Waals surface area (Å²) in [5.74, 6) is -2.21. The first-order chi connectivity index (χ1) is 13.5. The molecule has 7 heteroatoms. The minimum absolute atomic E-state index is 0.243. The van der Waals surface area contributed by atoms with E-state index < -0.39 is 5.92 Å². The molecule has 0 amide bonds. The Bertz CT molecular complexity index is 1070. The molecular weight excluding hydrogens is 360 g/mol. The van der Waals surface area contributed by atoms with E-state index in [-0.39, 0.29) is 5.69 Å². The highest BCUT2D eigenvalue weighted by atomic mass is 19.3. The van der Waals surface area contributed by atoms with Crippen LogP contribution in [-0.2, 0) is 12.3 Å². The fourth-order valence-corrected chi connectivity index (χ4v) is 3.00. The zero-order valence-electron chi connectivity index (χ0n) is 15.1. The molecule has 0 fully saturated rings. The van der Waals surface area contributed by atoms with Crippen molar-refractivity contribution in [1.29, 1.82) is 0 Å². The zero-order valence-corrected chi connectivity index (χ0v) is 15.1. The van der Waals surface area contributed by atoms with Gasteiger partial charge in [-0.05, 0) is 29.8 Å². The third-order valence-electron chi connectivity index (χ3n) is 4.36. The molecule has 140 valence electrons. The van der Waals surface area contributed by atoms with Crippen molar-refractivity contribution in [3.63, 3.8) is 0 Å². The number of aromatic nitrogens is 5. The van der Waals surface area contributed by atoms with E-state index in [0.717, 1.165) is 35.1 Å². The topological polar surface area (TPSA) is 56.5 Å². The van der Waals surface area contributed by atoms with Gasteiger partial charge in [0.15, 0.2) is 0 Å². The summed E-state index contributed by atoms with van der Waals surface area (Å²) < 4.78 is 28.6. The van der Waals surface area contributed by atoms with Crippen molar-refractivity contribution in [2.24, 2.45) is 0 Å². The van der Waals surface area contributed by atoms with Crippen LogP contribution in [0, 0.1) is 0 Å². The lowest BCUT2D eigenvalue weighted by Crippen LogP contribution is -2.09. The van der Waals surface area contributed by atoms with E-state index >= 15 is 0 Å². The lowest BCUT2D eigenvalue weighted by molar-refractivity contribution is 0.0127. The third-order valence-corrected chi connectivity index (χ3v) is 4.36. The van der Waals surface area contributed by atoms with E-state index in [0.29, 0.717) is 6.42 Å². The maximum Gasteiger partial charge on any atom is 0.286 e. The first-order valence-corrected chi connectivity index (χ1v) is 8.73. The number of rotatable bonds is 5. The van der Waals surface area contributed by atoms with E-state index in [4.69, 9.17) is 0 Å². The zero-order chi connectivity index (χ0) is 19.6. The summed E-state index contributed by atoms with van der Waals surface area (Å²) >= 11 is 0. The van der Waals surface area contributed by atoms with Crippen LogP contribution in [0.15, 0.2) is 73.7 Å². The van der Waals surface area contributed by atoms with Crippen LogP contribution in [0.2, 0.25) is 0 Å². The summed E-state index contributed by atoms with van der Waals surface area (Å²) in [6.07, 6.45) is 10.6. The molecule has 0 saturated carbocycles. The van der Waals surface area contributed by atoms with Crippen molar-refractivity contribution in [3.05, 3.63) is 90.7 Å². The summed E-state index contributed by atoms with van der Waals surface area (Å²) in [6.45, 7) is 0.839. The Morgan fingerprint density at radius 2 is 1.71 bits per heavy atom. The average molecular weight is 377 g/mol. The molecule has 0 atom stereocenters. The van der Waals surface area contributed by atoms with E-state index in [1.165, 1.54) is 12.3 Å². The van der Waals surface area contributed by atoms with Gasteiger partial charge in [-0.2, -0.15) is 8.78 Å². The van der Waals surface area contributed by atoms with E-state index in [1.54, 1.807) is 31.0 Å². The molecule has 4 aromatic heterocycles. The molecule has 4 heterocycles. The molecule has 4 aromatic rings. The third kappa shape index (κ3) is 3.64. The highest BCUT2D eigenvalue weighted by Crippen LogP contribution is 2.29. The molecule has 0 aliphatic heterocycles. The monoisotopic (exact) mass is 377 g/mol. The van der Waals surface area contributed by atoms with Gasteiger partial charge in [0, 0.05) is 55.5 Å². The molecule has 0 spiro atoms. The lowest BCUT2D eigenvalue weighted by Gasteiger charge is -2.13. The van der Waals surface area contributed by atoms with Gasteiger partial charge in [0.05, 0.1) is 5.69 Å². The van der Waals surface area contributed by atoms with Gasteiger partial charge in [-0.25, -0.2) is 9.97 Å². The number of halogens is 2. The summed E-state index contributed by atoms with van der Waals surface area (Å²) in [7, 11) is 0. The van der Waals surface area contributed by atoms with Crippen molar-refractivity contribution in [2.75, 3.05) is 0 Å². The van der Waals surface area contributed by atoms with Crippen molar-refractivity contribution < 1.29 is 8.78 Å². The first kappa shape index (κ1) is 17.9. The molecule has 0 unspecified atom stereocenters. The van der Waals surface area contributed by atoms with Gasteiger partial charge in [-0.1, -0.05) is 12.1 Å². The second-order valence-corrected chi connectivity index (χ2v) is 6.46. The molecule has 0 aliphatic carbocycles. The SMILES string of the molecule is CC(F)(F)c1ccc(Cc2ncccc2-c2cccnc2-n2ccnc2)cn1. The van der Waals surface area contributed by atoms with Crippen molar-refractivity contribution in [3.8, 4) is 16.9 Å². The largest absolute Gasteiger partial charge is 0.290 e. The van der Waals surface area contributed by atoms with Crippen molar-refractivity contribution in [1.82, 2.24) is 24.5 Å². The van der Waals surface area contributed by atoms with Gasteiger partial charge >= 0.3 is 0 Å². The molecule has 0 saturated heterocycles. The molecular formula is C21H17F2N5. The van der Waals surface area contributed by atoms with Gasteiger partial charge < -0.3 is 0 Å². The molecule has 0 aliphatic rings. The van der Waals surface area contributed by atoms with Crippen LogP contribution in [0.5, 0.6) is 0 Å². The smallest absolute Gasteiger partial charge is 0.286 e. The van der Waals surface area contributed by atoms with Crippen LogP contribution >= 0.6 is 0 Å². The van der Waals surface area contributed by atoms with Crippen LogP contribution in [0.4, 0.5) is 8.78 Å². The fourth-order valence-electron chi connectivity index (χ4n) is 3.00. The normalized spacial score (nSPS) is 11.5. The van der Waals surface area contributed by atoms with Crippen LogP contribution in [0.3, 0.4) is 0 Å². The van der Waals surface area contributed by atoms with Gasteiger partial charge in [0.1, 0.15) is 17.8 Å². The minimum Gasteiger partial charge on any atom is -0.290 e. The Morgan fingerprint density at radius 3 is 2.39 bits per heavy atom. The Balaban J connectivity index is 1.71. The molecule has 4 rings (SSSR count). The highest BCUT2D eigenvalue weighted by Gasteiger charge is 2.25. The Morgan fingerprint density at radius 1 is 0.929 bits per heavy atom. The summed E-state index contributed by atoms with van der Waals surface area (Å²) in [4.78, 5) is 17.0. The maximum atomic E-state index is 13.4. The Hall–Kier alpha value is -3.48. The Kier molecular flexibility index (Phi) is 4.65. The molecule has 0 N–H and O–H groups in total. The molecule has 0 radical (unpaired) electrons. The van der Waals surface area contributed by atoms with Crippen molar-refractivity contribution in [2.45, 2.75) is 19.3 Å². The maximum absolute atomic E-state index is 13.4. The first-order valence-electron chi connectivity index (χ1n) is 8.73. The molecule has 5 nitrogen and oxygen atoms in total. The average Bonchev–Trinajstić information content (AvgIpc) is 3.23. The van der Waals surface area contributed by atoms with Crippen LogP contribution in [0.25, 0.3) is 16.9 Å². The number of pyridine rings is 3. The highest BCUT2D eigenvalue weighted by molar-refractivity contribution is 5.72. The van der Waals surface area contributed by atoms with Crippen LogP contribution in [0.1, 0.15) is 23.9 Å². The number of hydrogen-bond acceptors (Lipinski definition) is 4. The van der Waals surface area contributed by atoms with Crippen LogP contribution in [-0.4, -0.2) is 24.5 Å². The quantitative estimate of drug-likeness (QED) is 0.516. The summed E-state index contributed by atoms with van der Waals surface area (Å²) in [6, 6.07) is 10.7. The second-order valence-electron chi connectivity index (χ2n) is 6.46. The fraction of sp³-hybridized carbons (Fsp3) is 0.143. The second kappa shape index (κ2) is 7.26. The van der Waals surface area contributed by atoms with E-state index in [9.17, 15) is 8.78 Å². The Labute approximate surface area is 160 Å². The predicted molar refractivity (Wildman–Crippen MR) is 101 cm³/mol. The minimum atomic E-state index is -2.95. The van der Waals surface area contributed by atoms with Crippen molar-refractivity contribution >= 4 is 0 Å². The van der Waals surface area contributed by atoms with E-state index in [1.807, 2.05) is 35.0 Å². The van der Waals surface area contributed by atoms with Gasteiger partial charge in [-0.15, -0.1) is 0 Å². The number of nitrogens with zero attached hydrogens (tertiary/aromatic N) is 5. The summed E-state index contributed by atoms with van der Waals surface area (Å²) in [5, 5.41) is 0. The van der Waals surface area contributed by atoms with Gasteiger partial charge in [0.25, 0.3) is 5.92 Å². The number of alkyl halides is 2. The van der Waals surface area contributed by atoms with Crippen LogP contribution < -0.4 is 0 Å². The number of imidazole rings is 1. The molecule has 0 aromatic carbocycles. The lowest BCUT2D eigenvalue weighted by atomic mass is 10.00. The predicted octanol–water partition coefficient (Wildman–Crippen LogP) is 4.43. The van der Waals surface area contributed by atoms with E-state index in [2.05, 4.69) is 19.9 Å².